The Balaban J connectivity index is 2.17. The first-order valence-corrected chi connectivity index (χ1v) is 6.76. The lowest BCUT2D eigenvalue weighted by atomic mass is 10.1. The summed E-state index contributed by atoms with van der Waals surface area (Å²) in [6.45, 7) is 6.89. The van der Waals surface area contributed by atoms with Crippen molar-refractivity contribution in [2.75, 3.05) is 20.5 Å². The molecule has 0 atom stereocenters. The van der Waals surface area contributed by atoms with Gasteiger partial charge in [0.1, 0.15) is 5.75 Å². The van der Waals surface area contributed by atoms with Crippen LogP contribution in [0, 0.1) is 0 Å². The van der Waals surface area contributed by atoms with Crippen LogP contribution in [0.2, 0.25) is 0 Å². The summed E-state index contributed by atoms with van der Waals surface area (Å²) in [6.07, 6.45) is 0. The zero-order valence-corrected chi connectivity index (χ0v) is 12.8. The summed E-state index contributed by atoms with van der Waals surface area (Å²) >= 11 is 0. The summed E-state index contributed by atoms with van der Waals surface area (Å²) in [5.41, 5.74) is 0.869. The molecule has 0 fully saturated rings. The predicted molar refractivity (Wildman–Crippen MR) is 76.7 cm³/mol. The second kappa shape index (κ2) is 6.22. The number of carbonyl (C=O) groups excluding carboxylic acids is 1. The van der Waals surface area contributed by atoms with Crippen molar-refractivity contribution in [1.82, 2.24) is 5.32 Å². The molecule has 0 aromatic heterocycles. The molecule has 116 valence electrons. The largest absolute Gasteiger partial charge is 0.481 e. The van der Waals surface area contributed by atoms with Crippen molar-refractivity contribution in [3.8, 4) is 17.2 Å². The highest BCUT2D eigenvalue weighted by atomic mass is 16.7. The maximum absolute atomic E-state index is 11.2. The maximum Gasteiger partial charge on any atom is 0.343 e. The van der Waals surface area contributed by atoms with Crippen LogP contribution in [0.3, 0.4) is 0 Å². The minimum Gasteiger partial charge on any atom is -0.481 e. The summed E-state index contributed by atoms with van der Waals surface area (Å²) in [6, 6.07) is 3.61. The molecule has 1 aromatic carbocycles. The van der Waals surface area contributed by atoms with Crippen LogP contribution in [-0.4, -0.2) is 32.0 Å². The predicted octanol–water partition coefficient (Wildman–Crippen LogP) is 1.86. The minimum absolute atomic E-state index is 0.0318. The van der Waals surface area contributed by atoms with E-state index < -0.39 is 5.97 Å². The van der Waals surface area contributed by atoms with Crippen LogP contribution in [-0.2, 0) is 16.1 Å². The SMILES string of the molecule is COC(=O)COc1cc2c(cc1CNC(C)(C)C)OCO2. The summed E-state index contributed by atoms with van der Waals surface area (Å²) < 4.78 is 20.8. The quantitative estimate of drug-likeness (QED) is 0.836. The normalized spacial score (nSPS) is 13.1. The molecule has 1 N–H and O–H groups in total. The number of ether oxygens (including phenoxy) is 4. The maximum atomic E-state index is 11.2. The number of carbonyl (C=O) groups is 1. The molecule has 1 aliphatic heterocycles. The molecule has 0 saturated carbocycles. The Bertz CT molecular complexity index is 522. The smallest absolute Gasteiger partial charge is 0.343 e. The summed E-state index contributed by atoms with van der Waals surface area (Å²) in [7, 11) is 1.33. The van der Waals surface area contributed by atoms with E-state index in [1.54, 1.807) is 6.07 Å². The van der Waals surface area contributed by atoms with E-state index in [1.165, 1.54) is 7.11 Å². The first kappa shape index (κ1) is 15.4. The van der Waals surface area contributed by atoms with Gasteiger partial charge >= 0.3 is 5.97 Å². The standard InChI is InChI=1S/C15H21NO5/c1-15(2,3)16-7-10-5-12-13(21-9-20-12)6-11(10)19-8-14(17)18-4/h5-6,16H,7-9H2,1-4H3. The number of fused-ring (bicyclic) bond motifs is 1. The Kier molecular flexibility index (Phi) is 4.57. The van der Waals surface area contributed by atoms with Crippen molar-refractivity contribution in [2.24, 2.45) is 0 Å². The highest BCUT2D eigenvalue weighted by molar-refractivity contribution is 5.71. The highest BCUT2D eigenvalue weighted by Gasteiger charge is 2.20. The molecule has 1 aromatic rings. The molecule has 2 rings (SSSR count). The third-order valence-corrected chi connectivity index (χ3v) is 2.94. The molecule has 6 nitrogen and oxygen atoms in total. The molecule has 0 amide bonds. The third kappa shape index (κ3) is 4.26. The molecule has 0 bridgehead atoms. The van der Waals surface area contributed by atoms with Crippen LogP contribution in [0.15, 0.2) is 12.1 Å². The Hall–Kier alpha value is -1.95. The van der Waals surface area contributed by atoms with E-state index in [4.69, 9.17) is 14.2 Å². The Morgan fingerprint density at radius 3 is 2.57 bits per heavy atom. The second-order valence-electron chi connectivity index (χ2n) is 5.78. The van der Waals surface area contributed by atoms with Gasteiger partial charge in [-0.2, -0.15) is 0 Å². The van der Waals surface area contributed by atoms with E-state index >= 15 is 0 Å². The average molecular weight is 295 g/mol. The number of nitrogens with one attached hydrogen (secondary N) is 1. The van der Waals surface area contributed by atoms with Gasteiger partial charge in [0.05, 0.1) is 7.11 Å². The van der Waals surface area contributed by atoms with Crippen molar-refractivity contribution in [2.45, 2.75) is 32.9 Å². The lowest BCUT2D eigenvalue weighted by Crippen LogP contribution is -2.35. The molecule has 6 heteroatoms. The minimum atomic E-state index is -0.428. The third-order valence-electron chi connectivity index (χ3n) is 2.94. The van der Waals surface area contributed by atoms with E-state index in [0.29, 0.717) is 23.8 Å². The van der Waals surface area contributed by atoms with Gasteiger partial charge < -0.3 is 24.3 Å². The monoisotopic (exact) mass is 295 g/mol. The van der Waals surface area contributed by atoms with Crippen LogP contribution < -0.4 is 19.5 Å². The van der Waals surface area contributed by atoms with Gasteiger partial charge in [-0.1, -0.05) is 0 Å². The first-order chi connectivity index (χ1) is 9.89. The van der Waals surface area contributed by atoms with Gasteiger partial charge in [0.2, 0.25) is 6.79 Å². The summed E-state index contributed by atoms with van der Waals surface area (Å²) in [4.78, 5) is 11.2. The number of rotatable bonds is 5. The Labute approximate surface area is 124 Å². The van der Waals surface area contributed by atoms with Gasteiger partial charge in [-0.25, -0.2) is 4.79 Å². The topological polar surface area (TPSA) is 66.0 Å². The van der Waals surface area contributed by atoms with E-state index in [0.717, 1.165) is 5.56 Å². The molecular weight excluding hydrogens is 274 g/mol. The molecule has 0 spiro atoms. The van der Waals surface area contributed by atoms with Crippen molar-refractivity contribution in [3.05, 3.63) is 17.7 Å². The number of methoxy groups -OCH3 is 1. The van der Waals surface area contributed by atoms with Crippen LogP contribution in [0.4, 0.5) is 0 Å². The van der Waals surface area contributed by atoms with Gasteiger partial charge in [-0.15, -0.1) is 0 Å². The number of hydrogen-bond acceptors (Lipinski definition) is 6. The fraction of sp³-hybridized carbons (Fsp3) is 0.533. The Morgan fingerprint density at radius 1 is 1.29 bits per heavy atom. The summed E-state index contributed by atoms with van der Waals surface area (Å²) in [5.74, 6) is 1.46. The van der Waals surface area contributed by atoms with Gasteiger partial charge in [0.15, 0.2) is 18.1 Å². The van der Waals surface area contributed by atoms with Crippen molar-refractivity contribution < 1.29 is 23.7 Å². The Morgan fingerprint density at radius 2 is 1.95 bits per heavy atom. The van der Waals surface area contributed by atoms with Crippen LogP contribution >= 0.6 is 0 Å². The lowest BCUT2D eigenvalue weighted by Gasteiger charge is -2.21. The van der Waals surface area contributed by atoms with E-state index in [2.05, 4.69) is 30.8 Å². The fourth-order valence-electron chi connectivity index (χ4n) is 1.79. The van der Waals surface area contributed by atoms with Crippen LogP contribution in [0.1, 0.15) is 26.3 Å². The van der Waals surface area contributed by atoms with Gasteiger partial charge in [-0.05, 0) is 26.8 Å². The van der Waals surface area contributed by atoms with Gasteiger partial charge in [-0.3, -0.25) is 0 Å². The zero-order valence-electron chi connectivity index (χ0n) is 12.8. The zero-order chi connectivity index (χ0) is 15.5. The number of esters is 1. The number of hydrogen-bond donors (Lipinski definition) is 1. The molecule has 1 aliphatic rings. The molecular formula is C15H21NO5. The molecule has 0 aliphatic carbocycles. The van der Waals surface area contributed by atoms with E-state index in [1.807, 2.05) is 6.07 Å². The molecule has 21 heavy (non-hydrogen) atoms. The summed E-state index contributed by atoms with van der Waals surface area (Å²) in [5, 5.41) is 3.38. The number of benzene rings is 1. The highest BCUT2D eigenvalue weighted by Crippen LogP contribution is 2.38. The first-order valence-electron chi connectivity index (χ1n) is 6.76. The van der Waals surface area contributed by atoms with Crippen molar-refractivity contribution in [3.63, 3.8) is 0 Å². The fourth-order valence-corrected chi connectivity index (χ4v) is 1.79. The van der Waals surface area contributed by atoms with Crippen LogP contribution in [0.5, 0.6) is 17.2 Å². The van der Waals surface area contributed by atoms with E-state index in [9.17, 15) is 4.79 Å². The van der Waals surface area contributed by atoms with Crippen LogP contribution in [0.25, 0.3) is 0 Å². The second-order valence-corrected chi connectivity index (χ2v) is 5.78. The van der Waals surface area contributed by atoms with Gasteiger partial charge in [0.25, 0.3) is 0 Å². The lowest BCUT2D eigenvalue weighted by molar-refractivity contribution is -0.142. The molecule has 0 unspecified atom stereocenters. The average Bonchev–Trinajstić information content (AvgIpc) is 2.87. The van der Waals surface area contributed by atoms with Crippen molar-refractivity contribution in [1.29, 1.82) is 0 Å². The molecule has 0 saturated heterocycles. The van der Waals surface area contributed by atoms with Gasteiger partial charge in [0, 0.05) is 23.7 Å². The molecule has 0 radical (unpaired) electrons. The molecule has 1 heterocycles. The van der Waals surface area contributed by atoms with E-state index in [-0.39, 0.29) is 18.9 Å². The van der Waals surface area contributed by atoms with Crippen molar-refractivity contribution >= 4 is 5.97 Å².